The van der Waals surface area contributed by atoms with E-state index in [1.807, 2.05) is 0 Å². The van der Waals surface area contributed by atoms with Gasteiger partial charge in [0.15, 0.2) is 15.4 Å². The van der Waals surface area contributed by atoms with Crippen LogP contribution in [0.4, 0.5) is 18.9 Å². The zero-order valence-corrected chi connectivity index (χ0v) is 20.1. The minimum atomic E-state index is -4.91. The SMILES string of the molecule is O=C(Cc1ccc(S(=O)(=O)CC2CC2)cc1)Nc1ccc(C(O)(Cc2ccccc2)C(F)(F)F)cc1. The van der Waals surface area contributed by atoms with Crippen molar-refractivity contribution in [3.05, 3.63) is 95.6 Å². The van der Waals surface area contributed by atoms with Gasteiger partial charge >= 0.3 is 6.18 Å². The third-order valence-electron chi connectivity index (χ3n) is 6.22. The molecule has 190 valence electrons. The molecule has 1 aliphatic rings. The number of hydrogen-bond donors (Lipinski definition) is 2. The van der Waals surface area contributed by atoms with Gasteiger partial charge in [0.25, 0.3) is 0 Å². The van der Waals surface area contributed by atoms with Crippen LogP contribution in [0.2, 0.25) is 0 Å². The maximum absolute atomic E-state index is 13.8. The van der Waals surface area contributed by atoms with Crippen molar-refractivity contribution in [2.45, 2.75) is 42.4 Å². The number of rotatable bonds is 9. The van der Waals surface area contributed by atoms with E-state index in [4.69, 9.17) is 0 Å². The van der Waals surface area contributed by atoms with Gasteiger partial charge in [-0.25, -0.2) is 8.42 Å². The first-order valence-corrected chi connectivity index (χ1v) is 13.2. The normalized spacial score (nSPS) is 15.8. The van der Waals surface area contributed by atoms with E-state index < -0.39 is 33.9 Å². The molecule has 0 aliphatic heterocycles. The highest BCUT2D eigenvalue weighted by Gasteiger charge is 2.54. The second-order valence-corrected chi connectivity index (χ2v) is 11.2. The van der Waals surface area contributed by atoms with Crippen molar-refractivity contribution in [2.75, 3.05) is 11.1 Å². The molecule has 1 saturated carbocycles. The quantitative estimate of drug-likeness (QED) is 0.417. The Hall–Kier alpha value is -3.17. The minimum absolute atomic E-state index is 0.0365. The Balaban J connectivity index is 1.41. The highest BCUT2D eigenvalue weighted by Crippen LogP contribution is 2.41. The monoisotopic (exact) mass is 517 g/mol. The molecule has 3 aromatic rings. The Kier molecular flexibility index (Phi) is 7.24. The van der Waals surface area contributed by atoms with Crippen molar-refractivity contribution in [1.82, 2.24) is 0 Å². The fourth-order valence-corrected chi connectivity index (χ4v) is 5.68. The molecular weight excluding hydrogens is 491 g/mol. The van der Waals surface area contributed by atoms with Crippen molar-refractivity contribution in [2.24, 2.45) is 5.92 Å². The molecule has 0 aromatic heterocycles. The molecule has 0 spiro atoms. The summed E-state index contributed by atoms with van der Waals surface area (Å²) in [5.74, 6) is -0.0403. The lowest BCUT2D eigenvalue weighted by molar-refractivity contribution is -0.266. The van der Waals surface area contributed by atoms with Gasteiger partial charge in [-0.3, -0.25) is 4.79 Å². The molecule has 36 heavy (non-hydrogen) atoms. The number of carbonyl (C=O) groups is 1. The first-order chi connectivity index (χ1) is 17.0. The van der Waals surface area contributed by atoms with Crippen LogP contribution in [0.1, 0.15) is 29.5 Å². The molecule has 0 heterocycles. The molecule has 5 nitrogen and oxygen atoms in total. The number of hydrogen-bond acceptors (Lipinski definition) is 4. The molecule has 0 bridgehead atoms. The van der Waals surface area contributed by atoms with Crippen molar-refractivity contribution in [1.29, 1.82) is 0 Å². The molecule has 9 heteroatoms. The number of carbonyl (C=O) groups excluding carboxylic acids is 1. The summed E-state index contributed by atoms with van der Waals surface area (Å²) in [6.45, 7) is 0. The topological polar surface area (TPSA) is 83.5 Å². The van der Waals surface area contributed by atoms with Crippen LogP contribution >= 0.6 is 0 Å². The van der Waals surface area contributed by atoms with Crippen LogP contribution in [-0.4, -0.2) is 31.4 Å². The summed E-state index contributed by atoms with van der Waals surface area (Å²) < 4.78 is 66.2. The number of sulfone groups is 1. The molecular formula is C27H26F3NO4S. The van der Waals surface area contributed by atoms with Crippen molar-refractivity contribution >= 4 is 21.4 Å². The lowest BCUT2D eigenvalue weighted by Gasteiger charge is -2.31. The standard InChI is InChI=1S/C27H26F3NO4S/c28-27(29,30)26(33,17-20-4-2-1-3-5-20)22-10-12-23(13-11-22)31-25(32)16-19-8-14-24(15-9-19)36(34,35)18-21-6-7-21/h1-5,8-15,21,33H,6-7,16-18H2,(H,31,32). The molecule has 1 amide bonds. The maximum atomic E-state index is 13.8. The van der Waals surface area contributed by atoms with Crippen molar-refractivity contribution in [3.8, 4) is 0 Å². The highest BCUT2D eigenvalue weighted by molar-refractivity contribution is 7.91. The van der Waals surface area contributed by atoms with Crippen LogP contribution < -0.4 is 5.32 Å². The van der Waals surface area contributed by atoms with Crippen molar-refractivity contribution < 1.29 is 31.5 Å². The molecule has 2 N–H and O–H groups in total. The summed E-state index contributed by atoms with van der Waals surface area (Å²) in [5, 5.41) is 13.2. The van der Waals surface area contributed by atoms with Crippen LogP contribution in [0.25, 0.3) is 0 Å². The van der Waals surface area contributed by atoms with Gasteiger partial charge in [0, 0.05) is 12.1 Å². The number of halogens is 3. The predicted octanol–water partition coefficient (Wildman–Crippen LogP) is 5.04. The predicted molar refractivity (Wildman–Crippen MR) is 130 cm³/mol. The Morgan fingerprint density at radius 2 is 1.50 bits per heavy atom. The van der Waals surface area contributed by atoms with Gasteiger partial charge in [0.05, 0.1) is 17.1 Å². The molecule has 0 saturated heterocycles. The zero-order chi connectivity index (χ0) is 26.0. The van der Waals surface area contributed by atoms with E-state index in [1.54, 1.807) is 30.3 Å². The second-order valence-electron chi connectivity index (χ2n) is 9.19. The van der Waals surface area contributed by atoms with Crippen LogP contribution in [0.5, 0.6) is 0 Å². The van der Waals surface area contributed by atoms with Gasteiger partial charge in [-0.05, 0) is 59.7 Å². The van der Waals surface area contributed by atoms with Gasteiger partial charge in [-0.2, -0.15) is 13.2 Å². The summed E-state index contributed by atoms with van der Waals surface area (Å²) in [6, 6.07) is 18.9. The summed E-state index contributed by atoms with van der Waals surface area (Å²) >= 11 is 0. The molecule has 3 aromatic carbocycles. The number of nitrogens with one attached hydrogen (secondary N) is 1. The fourth-order valence-electron chi connectivity index (χ4n) is 3.98. The van der Waals surface area contributed by atoms with Gasteiger partial charge in [-0.15, -0.1) is 0 Å². The van der Waals surface area contributed by atoms with E-state index in [9.17, 15) is 31.5 Å². The smallest absolute Gasteiger partial charge is 0.376 e. The van der Waals surface area contributed by atoms with Crippen LogP contribution in [0.15, 0.2) is 83.8 Å². The summed E-state index contributed by atoms with van der Waals surface area (Å²) in [7, 11) is -3.34. The van der Waals surface area contributed by atoms with E-state index in [0.717, 1.165) is 25.0 Å². The summed E-state index contributed by atoms with van der Waals surface area (Å²) in [4.78, 5) is 12.7. The maximum Gasteiger partial charge on any atom is 0.421 e. The Bertz CT molecular complexity index is 1300. The lowest BCUT2D eigenvalue weighted by atomic mass is 9.86. The number of anilines is 1. The summed E-state index contributed by atoms with van der Waals surface area (Å²) in [6.07, 6.45) is -3.73. The van der Waals surface area contributed by atoms with Gasteiger partial charge in [-0.1, -0.05) is 54.6 Å². The van der Waals surface area contributed by atoms with Crippen molar-refractivity contribution in [3.63, 3.8) is 0 Å². The van der Waals surface area contributed by atoms with Crippen LogP contribution in [0.3, 0.4) is 0 Å². The van der Waals surface area contributed by atoms with E-state index in [-0.39, 0.29) is 34.2 Å². The first kappa shape index (κ1) is 25.9. The largest absolute Gasteiger partial charge is 0.421 e. The van der Waals surface area contributed by atoms with Gasteiger partial charge in [0.2, 0.25) is 5.91 Å². The Morgan fingerprint density at radius 3 is 2.06 bits per heavy atom. The van der Waals surface area contributed by atoms with E-state index in [0.29, 0.717) is 11.1 Å². The number of amides is 1. The first-order valence-electron chi connectivity index (χ1n) is 11.5. The molecule has 1 unspecified atom stereocenters. The Labute approximate surface area is 207 Å². The number of alkyl halides is 3. The third kappa shape index (κ3) is 6.14. The van der Waals surface area contributed by atoms with Crippen LogP contribution in [0, 0.1) is 5.92 Å². The minimum Gasteiger partial charge on any atom is -0.376 e. The van der Waals surface area contributed by atoms with Crippen LogP contribution in [-0.2, 0) is 33.1 Å². The average molecular weight is 518 g/mol. The second kappa shape index (κ2) is 10.1. The Morgan fingerprint density at radius 1 is 0.889 bits per heavy atom. The van der Waals surface area contributed by atoms with E-state index in [1.165, 1.54) is 36.4 Å². The molecule has 4 rings (SSSR count). The summed E-state index contributed by atoms with van der Waals surface area (Å²) in [5.41, 5.74) is -2.21. The number of benzene rings is 3. The van der Waals surface area contributed by atoms with E-state index >= 15 is 0 Å². The molecule has 1 aliphatic carbocycles. The van der Waals surface area contributed by atoms with E-state index in [2.05, 4.69) is 5.32 Å². The fraction of sp³-hybridized carbons (Fsp3) is 0.296. The third-order valence-corrected chi connectivity index (χ3v) is 8.12. The molecule has 0 radical (unpaired) electrons. The molecule has 1 atom stereocenters. The van der Waals surface area contributed by atoms with Gasteiger partial charge in [0.1, 0.15) is 0 Å². The average Bonchev–Trinajstić information content (AvgIpc) is 3.63. The molecule has 1 fully saturated rings. The lowest BCUT2D eigenvalue weighted by Crippen LogP contribution is -2.44. The highest BCUT2D eigenvalue weighted by atomic mass is 32.2. The van der Waals surface area contributed by atoms with Gasteiger partial charge < -0.3 is 10.4 Å². The number of aliphatic hydroxyl groups is 1. The zero-order valence-electron chi connectivity index (χ0n) is 19.3.